The van der Waals surface area contributed by atoms with Crippen molar-refractivity contribution in [3.05, 3.63) is 283 Å². The summed E-state index contributed by atoms with van der Waals surface area (Å²) < 4.78 is 2.42. The van der Waals surface area contributed by atoms with Crippen LogP contribution in [0.2, 0.25) is 0 Å². The van der Waals surface area contributed by atoms with Crippen LogP contribution in [0.25, 0.3) is 60.5 Å². The Morgan fingerprint density at radius 3 is 1.59 bits per heavy atom. The number of anilines is 6. The van der Waals surface area contributed by atoms with E-state index in [-0.39, 0.29) is 0 Å². The van der Waals surface area contributed by atoms with Gasteiger partial charge >= 0.3 is 0 Å². The zero-order chi connectivity index (χ0) is 44.8. The van der Waals surface area contributed by atoms with Crippen molar-refractivity contribution in [1.29, 1.82) is 0 Å². The van der Waals surface area contributed by atoms with Crippen molar-refractivity contribution in [2.24, 2.45) is 0 Å². The Morgan fingerprint density at radius 2 is 0.809 bits per heavy atom. The first-order chi connectivity index (χ1) is 33.8. The normalized spacial score (nSPS) is 14.2. The average Bonchev–Trinajstić information content (AvgIpc) is 4.01. The third kappa shape index (κ3) is 5.47. The number of nitrogens with zero attached hydrogens (tertiary/aromatic N) is 3. The first-order valence-corrected chi connectivity index (χ1v) is 23.5. The van der Waals surface area contributed by atoms with Crippen molar-refractivity contribution in [3.63, 3.8) is 0 Å². The second kappa shape index (κ2) is 15.1. The molecule has 14 rings (SSSR count). The molecule has 1 atom stereocenters. The van der Waals surface area contributed by atoms with E-state index in [9.17, 15) is 0 Å². The third-order valence-electron chi connectivity index (χ3n) is 14.5. The van der Waals surface area contributed by atoms with Gasteiger partial charge < -0.3 is 14.4 Å². The summed E-state index contributed by atoms with van der Waals surface area (Å²) >= 11 is 0. The maximum atomic E-state index is 2.51. The molecule has 2 aliphatic rings. The van der Waals surface area contributed by atoms with Crippen LogP contribution in [0, 0.1) is 0 Å². The number of benzene rings is 11. The molecule has 1 heterocycles. The molecule has 2 aliphatic carbocycles. The molecule has 0 aliphatic heterocycles. The first kappa shape index (κ1) is 38.4. The molecule has 0 saturated heterocycles. The predicted octanol–water partition coefficient (Wildman–Crippen LogP) is 17.2. The molecule has 1 spiro atoms. The van der Waals surface area contributed by atoms with Gasteiger partial charge in [-0.1, -0.05) is 182 Å². The van der Waals surface area contributed by atoms with Gasteiger partial charge in [0, 0.05) is 50.2 Å². The van der Waals surface area contributed by atoms with Crippen LogP contribution < -0.4 is 9.80 Å². The second-order valence-electron chi connectivity index (χ2n) is 18.0. The fourth-order valence-electron chi connectivity index (χ4n) is 11.8. The monoisotopic (exact) mass is 865 g/mol. The molecule has 0 amide bonds. The zero-order valence-electron chi connectivity index (χ0n) is 37.2. The maximum absolute atomic E-state index is 2.51. The molecule has 0 saturated carbocycles. The summed E-state index contributed by atoms with van der Waals surface area (Å²) in [4.78, 5) is 4.93. The van der Waals surface area contributed by atoms with E-state index in [2.05, 4.69) is 275 Å². The van der Waals surface area contributed by atoms with E-state index in [1.54, 1.807) is 0 Å². The van der Waals surface area contributed by atoms with Gasteiger partial charge in [0.2, 0.25) is 0 Å². The van der Waals surface area contributed by atoms with Gasteiger partial charge in [0.25, 0.3) is 0 Å². The highest BCUT2D eigenvalue weighted by Crippen LogP contribution is 2.65. The first-order valence-electron chi connectivity index (χ1n) is 23.5. The Bertz CT molecular complexity index is 3880. The molecule has 68 heavy (non-hydrogen) atoms. The minimum atomic E-state index is -0.586. The summed E-state index contributed by atoms with van der Waals surface area (Å²) in [5.74, 6) is 0. The van der Waals surface area contributed by atoms with Crippen molar-refractivity contribution >= 4 is 66.7 Å². The van der Waals surface area contributed by atoms with Gasteiger partial charge in [-0.15, -0.1) is 0 Å². The van der Waals surface area contributed by atoms with E-state index in [4.69, 9.17) is 0 Å². The number of aromatic nitrogens is 1. The molecule has 0 fully saturated rings. The van der Waals surface area contributed by atoms with Gasteiger partial charge in [-0.05, 0) is 123 Å². The fourth-order valence-corrected chi connectivity index (χ4v) is 11.8. The van der Waals surface area contributed by atoms with E-state index in [0.29, 0.717) is 0 Å². The van der Waals surface area contributed by atoms with E-state index >= 15 is 0 Å². The van der Waals surface area contributed by atoms with E-state index in [1.165, 1.54) is 71.6 Å². The molecule has 0 radical (unpaired) electrons. The van der Waals surface area contributed by atoms with Crippen molar-refractivity contribution in [2.45, 2.75) is 5.41 Å². The molecule has 3 heteroatoms. The highest BCUT2D eigenvalue weighted by molar-refractivity contribution is 6.11. The largest absolute Gasteiger partial charge is 0.310 e. The summed E-state index contributed by atoms with van der Waals surface area (Å²) in [6, 6.07) is 96.2. The summed E-state index contributed by atoms with van der Waals surface area (Å²) in [7, 11) is 0. The van der Waals surface area contributed by atoms with Gasteiger partial charge in [0.05, 0.1) is 27.8 Å². The average molecular weight is 866 g/mol. The third-order valence-corrected chi connectivity index (χ3v) is 14.5. The van der Waals surface area contributed by atoms with Crippen LogP contribution in [0.4, 0.5) is 34.1 Å². The Morgan fingerprint density at radius 1 is 0.294 bits per heavy atom. The molecule has 12 aromatic rings. The van der Waals surface area contributed by atoms with Crippen molar-refractivity contribution < 1.29 is 0 Å². The van der Waals surface area contributed by atoms with E-state index < -0.39 is 5.41 Å². The van der Waals surface area contributed by atoms with E-state index in [1.807, 2.05) is 0 Å². The quantitative estimate of drug-likeness (QED) is 0.158. The Balaban J connectivity index is 1.05. The van der Waals surface area contributed by atoms with Crippen LogP contribution >= 0.6 is 0 Å². The molecule has 1 aromatic heterocycles. The highest BCUT2D eigenvalue weighted by atomic mass is 15.2. The van der Waals surface area contributed by atoms with E-state index in [0.717, 1.165) is 45.3 Å². The Labute approximate surface area is 395 Å². The van der Waals surface area contributed by atoms with Crippen LogP contribution in [-0.4, -0.2) is 4.57 Å². The molecule has 11 aromatic carbocycles. The Hall–Kier alpha value is -8.92. The zero-order valence-corrected chi connectivity index (χ0v) is 37.2. The smallest absolute Gasteiger partial charge is 0.0727 e. The fraction of sp³-hybridized carbons (Fsp3) is 0.0154. The molecule has 318 valence electrons. The van der Waals surface area contributed by atoms with Crippen LogP contribution in [0.1, 0.15) is 22.3 Å². The summed E-state index contributed by atoms with van der Waals surface area (Å²) in [5.41, 5.74) is 19.9. The van der Waals surface area contributed by atoms with Crippen LogP contribution in [0.15, 0.2) is 261 Å². The number of para-hydroxylation sites is 4. The van der Waals surface area contributed by atoms with Gasteiger partial charge in [0.15, 0.2) is 0 Å². The van der Waals surface area contributed by atoms with Crippen LogP contribution in [0.3, 0.4) is 0 Å². The van der Waals surface area contributed by atoms with Crippen molar-refractivity contribution in [3.8, 4) is 27.9 Å². The standard InChI is InChI=1S/C65H43N3/c1-4-22-45(23-5-1)66(46-24-6-2-7-25-46)62-37-19-34-58-64(62)55-31-13-16-33-57(55)65(58)56-32-15-12-29-51(56)52-40-38-48(42-59(52)65)67(60-36-18-21-44-20-10-11-28-50(44)60)49-39-41-54-53-30-14-17-35-61(53)68(63(54)43-49)47-26-8-3-9-27-47/h1-43H. The van der Waals surface area contributed by atoms with Gasteiger partial charge in [0.1, 0.15) is 0 Å². The lowest BCUT2D eigenvalue weighted by atomic mass is 9.70. The second-order valence-corrected chi connectivity index (χ2v) is 18.0. The number of rotatable bonds is 7. The predicted molar refractivity (Wildman–Crippen MR) is 284 cm³/mol. The molecular formula is C65H43N3. The topological polar surface area (TPSA) is 11.4 Å². The SMILES string of the molecule is c1ccc(N(c2ccccc2)c2cccc3c2-c2ccccc2C32c3ccccc3-c3ccc(N(c4ccc5c6ccccc6n(-c6ccccc6)c5c4)c4cccc5ccccc45)cc32)cc1. The minimum Gasteiger partial charge on any atom is -0.310 e. The molecule has 3 nitrogen and oxygen atoms in total. The lowest BCUT2D eigenvalue weighted by molar-refractivity contribution is 0.793. The lowest BCUT2D eigenvalue weighted by Gasteiger charge is -2.33. The lowest BCUT2D eigenvalue weighted by Crippen LogP contribution is -2.26. The maximum Gasteiger partial charge on any atom is 0.0727 e. The summed E-state index contributed by atoms with van der Waals surface area (Å²) in [5, 5.41) is 4.86. The van der Waals surface area contributed by atoms with Gasteiger partial charge in [-0.25, -0.2) is 0 Å². The van der Waals surface area contributed by atoms with Crippen molar-refractivity contribution in [2.75, 3.05) is 9.80 Å². The summed E-state index contributed by atoms with van der Waals surface area (Å²) in [6.45, 7) is 0. The van der Waals surface area contributed by atoms with Gasteiger partial charge in [-0.3, -0.25) is 0 Å². The van der Waals surface area contributed by atoms with Crippen molar-refractivity contribution in [1.82, 2.24) is 4.57 Å². The summed E-state index contributed by atoms with van der Waals surface area (Å²) in [6.07, 6.45) is 0. The molecule has 1 unspecified atom stereocenters. The number of fused-ring (bicyclic) bond motifs is 14. The molecule has 0 bridgehead atoms. The number of hydrogen-bond acceptors (Lipinski definition) is 2. The highest BCUT2D eigenvalue weighted by Gasteiger charge is 2.52. The minimum absolute atomic E-state index is 0.586. The molecular weight excluding hydrogens is 823 g/mol. The Kier molecular flexibility index (Phi) is 8.50. The van der Waals surface area contributed by atoms with Crippen LogP contribution in [0.5, 0.6) is 0 Å². The van der Waals surface area contributed by atoms with Crippen LogP contribution in [-0.2, 0) is 5.41 Å². The molecule has 0 N–H and O–H groups in total. The number of hydrogen-bond donors (Lipinski definition) is 0. The van der Waals surface area contributed by atoms with Gasteiger partial charge in [-0.2, -0.15) is 0 Å².